The van der Waals surface area contributed by atoms with Gasteiger partial charge in [-0.25, -0.2) is 4.98 Å². The monoisotopic (exact) mass is 298 g/mol. The van der Waals surface area contributed by atoms with Crippen molar-refractivity contribution in [3.63, 3.8) is 0 Å². The number of thiazole rings is 1. The molecule has 3 atom stereocenters. The fraction of sp³-hybridized carbons (Fsp3) is 0.462. The molecule has 96 valence electrons. The van der Waals surface area contributed by atoms with Crippen LogP contribution in [0.25, 0.3) is 10.2 Å². The fourth-order valence-electron chi connectivity index (χ4n) is 2.87. The van der Waals surface area contributed by atoms with Gasteiger partial charge in [-0.2, -0.15) is 0 Å². The number of hydrogen-bond donors (Lipinski definition) is 1. The summed E-state index contributed by atoms with van der Waals surface area (Å²) in [5.41, 5.74) is 1.15. The van der Waals surface area contributed by atoms with Crippen LogP contribution in [0, 0.1) is 17.8 Å². The molecule has 1 aliphatic heterocycles. The van der Waals surface area contributed by atoms with E-state index in [0.717, 1.165) is 23.3 Å². The van der Waals surface area contributed by atoms with Crippen molar-refractivity contribution >= 4 is 45.7 Å². The van der Waals surface area contributed by atoms with E-state index in [1.165, 1.54) is 27.9 Å². The van der Waals surface area contributed by atoms with Gasteiger partial charge in [-0.15, -0.1) is 23.7 Å². The lowest BCUT2D eigenvalue weighted by molar-refractivity contribution is 0.640. The molecular formula is C13H15ClN2S2. The number of nitrogens with zero attached hydrogens (tertiary/aromatic N) is 1. The van der Waals surface area contributed by atoms with Crippen LogP contribution in [-0.2, 0) is 0 Å². The molecule has 1 saturated heterocycles. The third-order valence-corrected chi connectivity index (χ3v) is 6.27. The number of fused-ring (bicyclic) bond motifs is 2. The SMILES string of the molecule is Cl.c1ccc2sc(SC[C@@H]3[C@@H]4CNC[C@@H]43)nc2c1. The maximum atomic E-state index is 4.67. The largest absolute Gasteiger partial charge is 0.316 e. The normalized spacial score (nSPS) is 29.0. The summed E-state index contributed by atoms with van der Waals surface area (Å²) in [5.74, 6) is 4.15. The second-order valence-electron chi connectivity index (χ2n) is 4.91. The Bertz CT molecular complexity index is 514. The molecule has 2 aromatic rings. The first-order chi connectivity index (χ1) is 8.42. The van der Waals surface area contributed by atoms with Crippen molar-refractivity contribution in [2.75, 3.05) is 18.8 Å². The average molecular weight is 299 g/mol. The molecule has 0 unspecified atom stereocenters. The van der Waals surface area contributed by atoms with Gasteiger partial charge in [0, 0.05) is 5.75 Å². The Hall–Kier alpha value is -0.290. The van der Waals surface area contributed by atoms with Gasteiger partial charge in [0.15, 0.2) is 4.34 Å². The van der Waals surface area contributed by atoms with Gasteiger partial charge >= 0.3 is 0 Å². The first-order valence-corrected chi connectivity index (χ1v) is 7.91. The smallest absolute Gasteiger partial charge is 0.151 e. The second kappa shape index (κ2) is 5.00. The zero-order valence-electron chi connectivity index (χ0n) is 9.83. The van der Waals surface area contributed by atoms with Crippen LogP contribution < -0.4 is 5.32 Å². The zero-order chi connectivity index (χ0) is 11.2. The van der Waals surface area contributed by atoms with Gasteiger partial charge in [-0.05, 0) is 43.0 Å². The van der Waals surface area contributed by atoms with Crippen LogP contribution in [0.3, 0.4) is 0 Å². The quantitative estimate of drug-likeness (QED) is 0.880. The minimum atomic E-state index is 0. The Morgan fingerprint density at radius 3 is 2.83 bits per heavy atom. The fourth-order valence-corrected chi connectivity index (χ4v) is 5.27. The highest BCUT2D eigenvalue weighted by Gasteiger charge is 2.52. The number of benzene rings is 1. The number of piperidine rings is 1. The minimum absolute atomic E-state index is 0. The molecular weight excluding hydrogens is 284 g/mol. The predicted molar refractivity (Wildman–Crippen MR) is 80.9 cm³/mol. The minimum Gasteiger partial charge on any atom is -0.316 e. The Morgan fingerprint density at radius 2 is 2.06 bits per heavy atom. The van der Waals surface area contributed by atoms with Gasteiger partial charge in [0.2, 0.25) is 0 Å². The summed E-state index contributed by atoms with van der Waals surface area (Å²) < 4.78 is 2.55. The summed E-state index contributed by atoms with van der Waals surface area (Å²) >= 11 is 3.78. The van der Waals surface area contributed by atoms with Gasteiger partial charge in [0.1, 0.15) is 0 Å². The molecule has 2 aliphatic rings. The Kier molecular flexibility index (Phi) is 3.54. The topological polar surface area (TPSA) is 24.9 Å². The Morgan fingerprint density at radius 1 is 1.28 bits per heavy atom. The molecule has 2 nitrogen and oxygen atoms in total. The van der Waals surface area contributed by atoms with E-state index in [-0.39, 0.29) is 12.4 Å². The van der Waals surface area contributed by atoms with E-state index < -0.39 is 0 Å². The van der Waals surface area contributed by atoms with Crippen molar-refractivity contribution in [2.45, 2.75) is 4.34 Å². The lowest BCUT2D eigenvalue weighted by Gasteiger charge is -2.01. The number of hydrogen-bond acceptors (Lipinski definition) is 4. The van der Waals surface area contributed by atoms with Crippen molar-refractivity contribution in [3.05, 3.63) is 24.3 Å². The van der Waals surface area contributed by atoms with Crippen molar-refractivity contribution in [2.24, 2.45) is 17.8 Å². The summed E-state index contributed by atoms with van der Waals surface area (Å²) in [7, 11) is 0. The predicted octanol–water partition coefficient (Wildman–Crippen LogP) is 3.28. The number of aromatic nitrogens is 1. The Labute approximate surface area is 121 Å². The standard InChI is InChI=1S/C13H14N2S2.ClH/c1-2-4-12-11(3-1)15-13(17-12)16-7-10-8-5-14-6-9(8)10;/h1-4,8-10,14H,5-7H2;1H/t8-,9+,10-;. The van der Waals surface area contributed by atoms with Crippen LogP contribution in [0.2, 0.25) is 0 Å². The molecule has 5 heteroatoms. The molecule has 0 amide bonds. The van der Waals surface area contributed by atoms with Gasteiger partial charge in [0.25, 0.3) is 0 Å². The molecule has 1 N–H and O–H groups in total. The van der Waals surface area contributed by atoms with Crippen LogP contribution in [0.1, 0.15) is 0 Å². The van der Waals surface area contributed by atoms with E-state index in [9.17, 15) is 0 Å². The van der Waals surface area contributed by atoms with Crippen molar-refractivity contribution in [1.29, 1.82) is 0 Å². The number of halogens is 1. The van der Waals surface area contributed by atoms with Gasteiger partial charge in [-0.3, -0.25) is 0 Å². The maximum Gasteiger partial charge on any atom is 0.151 e. The molecule has 1 aromatic carbocycles. The molecule has 2 heterocycles. The van der Waals surface area contributed by atoms with Gasteiger partial charge < -0.3 is 5.32 Å². The molecule has 0 spiro atoms. The van der Waals surface area contributed by atoms with E-state index in [2.05, 4.69) is 34.6 Å². The lowest BCUT2D eigenvalue weighted by atomic mass is 10.3. The highest BCUT2D eigenvalue weighted by atomic mass is 35.5. The zero-order valence-corrected chi connectivity index (χ0v) is 12.3. The van der Waals surface area contributed by atoms with Gasteiger partial charge in [0.05, 0.1) is 10.2 Å². The van der Waals surface area contributed by atoms with Crippen LogP contribution in [0.15, 0.2) is 28.6 Å². The van der Waals surface area contributed by atoms with E-state index in [1.54, 1.807) is 0 Å². The van der Waals surface area contributed by atoms with E-state index in [1.807, 2.05) is 23.1 Å². The first-order valence-electron chi connectivity index (χ1n) is 6.11. The summed E-state index contributed by atoms with van der Waals surface area (Å²) in [6, 6.07) is 8.41. The van der Waals surface area contributed by atoms with E-state index in [4.69, 9.17) is 0 Å². The number of thioether (sulfide) groups is 1. The van der Waals surface area contributed by atoms with E-state index in [0.29, 0.717) is 0 Å². The molecule has 4 rings (SSSR count). The molecule has 2 fully saturated rings. The van der Waals surface area contributed by atoms with Crippen molar-refractivity contribution in [1.82, 2.24) is 10.3 Å². The first kappa shape index (κ1) is 12.7. The third-order valence-electron chi connectivity index (χ3n) is 3.94. The highest BCUT2D eigenvalue weighted by molar-refractivity contribution is 8.01. The van der Waals surface area contributed by atoms with Crippen molar-refractivity contribution in [3.8, 4) is 0 Å². The average Bonchev–Trinajstić information content (AvgIpc) is 2.76. The molecule has 0 radical (unpaired) electrons. The molecule has 0 bridgehead atoms. The molecule has 1 saturated carbocycles. The molecule has 1 aromatic heterocycles. The summed E-state index contributed by atoms with van der Waals surface area (Å²) in [4.78, 5) is 4.67. The summed E-state index contributed by atoms with van der Waals surface area (Å²) in [6.45, 7) is 2.49. The molecule has 1 aliphatic carbocycles. The van der Waals surface area contributed by atoms with Crippen molar-refractivity contribution < 1.29 is 0 Å². The van der Waals surface area contributed by atoms with Crippen LogP contribution >= 0.6 is 35.5 Å². The van der Waals surface area contributed by atoms with Crippen LogP contribution in [-0.4, -0.2) is 23.8 Å². The van der Waals surface area contributed by atoms with Crippen LogP contribution in [0.4, 0.5) is 0 Å². The van der Waals surface area contributed by atoms with E-state index >= 15 is 0 Å². The highest BCUT2D eigenvalue weighted by Crippen LogP contribution is 2.51. The second-order valence-corrected chi connectivity index (χ2v) is 7.21. The van der Waals surface area contributed by atoms with Gasteiger partial charge in [-0.1, -0.05) is 23.9 Å². The Balaban J connectivity index is 0.000001000. The third kappa shape index (κ3) is 2.16. The lowest BCUT2D eigenvalue weighted by Crippen LogP contribution is -2.15. The summed E-state index contributed by atoms with van der Waals surface area (Å²) in [6.07, 6.45) is 0. The summed E-state index contributed by atoms with van der Waals surface area (Å²) in [5, 5.41) is 3.45. The molecule has 18 heavy (non-hydrogen) atoms. The number of nitrogens with one attached hydrogen (secondary N) is 1. The van der Waals surface area contributed by atoms with Crippen LogP contribution in [0.5, 0.6) is 0 Å². The number of para-hydroxylation sites is 1. The maximum absolute atomic E-state index is 4.67. The number of rotatable bonds is 3.